The summed E-state index contributed by atoms with van der Waals surface area (Å²) in [4.78, 5) is 2.72. The topological polar surface area (TPSA) is 0 Å². The molecule has 0 aliphatic rings. The molecule has 0 aliphatic carbocycles. The lowest BCUT2D eigenvalue weighted by atomic mass is 10.0. The summed E-state index contributed by atoms with van der Waals surface area (Å²) in [5, 5.41) is 0. The monoisotopic (exact) mass is 404 g/mol. The quantitative estimate of drug-likeness (QED) is 0.264. The largest absolute Gasteiger partial charge is 0.135 e. The van der Waals surface area contributed by atoms with E-state index in [1.165, 1.54) is 96.2 Å². The molecule has 154 valence electrons. The Kier molecular flexibility index (Phi) is 9.02. The number of thiophene rings is 1. The molecular weight excluding hydrogens is 368 g/mol. The van der Waals surface area contributed by atoms with Crippen molar-refractivity contribution in [1.82, 2.24) is 0 Å². The van der Waals surface area contributed by atoms with Crippen molar-refractivity contribution < 1.29 is 0 Å². The highest BCUT2D eigenvalue weighted by atomic mass is 32.1. The molecule has 0 aliphatic heterocycles. The van der Waals surface area contributed by atoms with E-state index in [2.05, 4.69) is 74.5 Å². The van der Waals surface area contributed by atoms with Crippen LogP contribution >= 0.6 is 11.3 Å². The third kappa shape index (κ3) is 6.85. The summed E-state index contributed by atoms with van der Waals surface area (Å²) in [6.07, 6.45) is 13.1. The van der Waals surface area contributed by atoms with Crippen LogP contribution in [0.1, 0.15) is 76.3 Å². The maximum atomic E-state index is 2.31. The summed E-state index contributed by atoms with van der Waals surface area (Å²) < 4.78 is 0. The van der Waals surface area contributed by atoms with Crippen molar-refractivity contribution in [3.05, 3.63) is 71.8 Å². The zero-order chi connectivity index (χ0) is 20.3. The molecule has 29 heavy (non-hydrogen) atoms. The third-order valence-corrected chi connectivity index (χ3v) is 6.90. The zero-order valence-electron chi connectivity index (χ0n) is 18.3. The van der Waals surface area contributed by atoms with Crippen LogP contribution in [0.25, 0.3) is 20.9 Å². The van der Waals surface area contributed by atoms with Crippen molar-refractivity contribution in [2.24, 2.45) is 0 Å². The maximum Gasteiger partial charge on any atom is 0.0349 e. The fourth-order valence-electron chi connectivity index (χ4n) is 3.83. The summed E-state index contributed by atoms with van der Waals surface area (Å²) in [5.74, 6) is 0. The number of hydrogen-bond acceptors (Lipinski definition) is 1. The molecule has 1 heteroatoms. The van der Waals surface area contributed by atoms with Gasteiger partial charge < -0.3 is 0 Å². The summed E-state index contributed by atoms with van der Waals surface area (Å²) in [7, 11) is 0. The SMILES string of the molecule is CCCCCCc1ccc(-c2ccc(-c3ccc(CCCCCC)cc3)s2)cc1. The lowest BCUT2D eigenvalue weighted by Gasteiger charge is -2.04. The van der Waals surface area contributed by atoms with Gasteiger partial charge in [0, 0.05) is 9.75 Å². The summed E-state index contributed by atoms with van der Waals surface area (Å²) in [6, 6.07) is 23.0. The minimum atomic E-state index is 1.21. The highest BCUT2D eigenvalue weighted by Gasteiger charge is 2.06. The highest BCUT2D eigenvalue weighted by Crippen LogP contribution is 2.34. The zero-order valence-corrected chi connectivity index (χ0v) is 19.1. The predicted octanol–water partition coefficient (Wildman–Crippen LogP) is 9.33. The third-order valence-electron chi connectivity index (χ3n) is 5.72. The molecule has 0 radical (unpaired) electrons. The molecule has 0 spiro atoms. The number of benzene rings is 2. The summed E-state index contributed by atoms with van der Waals surface area (Å²) in [6.45, 7) is 4.54. The first-order valence-electron chi connectivity index (χ1n) is 11.6. The van der Waals surface area contributed by atoms with Gasteiger partial charge in [0.15, 0.2) is 0 Å². The van der Waals surface area contributed by atoms with E-state index in [4.69, 9.17) is 0 Å². The van der Waals surface area contributed by atoms with E-state index in [0.29, 0.717) is 0 Å². The van der Waals surface area contributed by atoms with Gasteiger partial charge in [-0.2, -0.15) is 0 Å². The average molecular weight is 405 g/mol. The Hall–Kier alpha value is -1.86. The van der Waals surface area contributed by atoms with Crippen LogP contribution in [0.2, 0.25) is 0 Å². The van der Waals surface area contributed by atoms with Gasteiger partial charge in [-0.05, 0) is 60.1 Å². The van der Waals surface area contributed by atoms with Crippen LogP contribution in [-0.2, 0) is 12.8 Å². The van der Waals surface area contributed by atoms with Crippen LogP contribution in [0.15, 0.2) is 60.7 Å². The molecule has 0 amide bonds. The number of unbranched alkanes of at least 4 members (excludes halogenated alkanes) is 6. The van der Waals surface area contributed by atoms with Gasteiger partial charge in [0.05, 0.1) is 0 Å². The van der Waals surface area contributed by atoms with Gasteiger partial charge >= 0.3 is 0 Å². The molecule has 1 heterocycles. The molecule has 3 aromatic rings. The second-order valence-corrected chi connectivity index (χ2v) is 9.26. The Morgan fingerprint density at radius 2 is 0.897 bits per heavy atom. The summed E-state index contributed by atoms with van der Waals surface area (Å²) in [5.41, 5.74) is 5.62. The molecule has 0 nitrogen and oxygen atoms in total. The highest BCUT2D eigenvalue weighted by molar-refractivity contribution is 7.18. The van der Waals surface area contributed by atoms with E-state index in [-0.39, 0.29) is 0 Å². The molecule has 0 unspecified atom stereocenters. The molecule has 0 atom stereocenters. The Bertz CT molecular complexity index is 754. The molecule has 0 fully saturated rings. The Morgan fingerprint density at radius 1 is 0.483 bits per heavy atom. The molecule has 2 aromatic carbocycles. The molecule has 0 saturated heterocycles. The van der Waals surface area contributed by atoms with Gasteiger partial charge in [-0.1, -0.05) is 101 Å². The van der Waals surface area contributed by atoms with Crippen molar-refractivity contribution in [2.45, 2.75) is 78.1 Å². The van der Waals surface area contributed by atoms with Crippen LogP contribution in [-0.4, -0.2) is 0 Å². The summed E-state index contributed by atoms with van der Waals surface area (Å²) >= 11 is 1.90. The van der Waals surface area contributed by atoms with Crippen molar-refractivity contribution in [3.8, 4) is 20.9 Å². The van der Waals surface area contributed by atoms with Gasteiger partial charge in [0.25, 0.3) is 0 Å². The Balaban J connectivity index is 1.57. The van der Waals surface area contributed by atoms with E-state index in [1.54, 1.807) is 0 Å². The van der Waals surface area contributed by atoms with Crippen molar-refractivity contribution in [2.75, 3.05) is 0 Å². The smallest absolute Gasteiger partial charge is 0.0349 e. The van der Waals surface area contributed by atoms with Crippen LogP contribution in [0, 0.1) is 0 Å². The van der Waals surface area contributed by atoms with Crippen molar-refractivity contribution in [1.29, 1.82) is 0 Å². The number of hydrogen-bond donors (Lipinski definition) is 0. The minimum absolute atomic E-state index is 1.21. The lowest BCUT2D eigenvalue weighted by Crippen LogP contribution is -1.86. The van der Waals surface area contributed by atoms with Crippen LogP contribution in [0.3, 0.4) is 0 Å². The fourth-order valence-corrected chi connectivity index (χ4v) is 4.85. The van der Waals surface area contributed by atoms with Crippen LogP contribution in [0.5, 0.6) is 0 Å². The van der Waals surface area contributed by atoms with Crippen molar-refractivity contribution >= 4 is 11.3 Å². The predicted molar refractivity (Wildman–Crippen MR) is 131 cm³/mol. The van der Waals surface area contributed by atoms with E-state index < -0.39 is 0 Å². The minimum Gasteiger partial charge on any atom is -0.135 e. The van der Waals surface area contributed by atoms with Gasteiger partial charge in [0.1, 0.15) is 0 Å². The lowest BCUT2D eigenvalue weighted by molar-refractivity contribution is 0.667. The average Bonchev–Trinajstić information content (AvgIpc) is 3.25. The molecule has 1 aromatic heterocycles. The van der Waals surface area contributed by atoms with Crippen molar-refractivity contribution in [3.63, 3.8) is 0 Å². The van der Waals surface area contributed by atoms with E-state index in [0.717, 1.165) is 0 Å². The second kappa shape index (κ2) is 12.0. The first kappa shape index (κ1) is 21.8. The van der Waals surface area contributed by atoms with E-state index in [1.807, 2.05) is 11.3 Å². The van der Waals surface area contributed by atoms with E-state index >= 15 is 0 Å². The molecule has 0 N–H and O–H groups in total. The molecular formula is C28H36S. The fraction of sp³-hybridized carbons (Fsp3) is 0.429. The molecule has 3 rings (SSSR count). The van der Waals surface area contributed by atoms with Crippen LogP contribution in [0.4, 0.5) is 0 Å². The van der Waals surface area contributed by atoms with Gasteiger partial charge in [-0.25, -0.2) is 0 Å². The van der Waals surface area contributed by atoms with E-state index in [9.17, 15) is 0 Å². The first-order chi connectivity index (χ1) is 14.3. The first-order valence-corrected chi connectivity index (χ1v) is 12.4. The maximum absolute atomic E-state index is 2.31. The Labute approximate surface area is 182 Å². The molecule has 0 bridgehead atoms. The number of rotatable bonds is 12. The molecule has 0 saturated carbocycles. The Morgan fingerprint density at radius 3 is 1.28 bits per heavy atom. The normalized spacial score (nSPS) is 11.1. The standard InChI is InChI=1S/C28H36S/c1-3-5-7-9-11-23-13-17-25(18-14-23)27-21-22-28(29-27)26-19-15-24(16-20-26)12-10-8-6-4-2/h13-22H,3-12H2,1-2H3. The number of aryl methyl sites for hydroxylation is 2. The van der Waals surface area contributed by atoms with Gasteiger partial charge in [-0.15, -0.1) is 11.3 Å². The van der Waals surface area contributed by atoms with Gasteiger partial charge in [0.2, 0.25) is 0 Å². The van der Waals surface area contributed by atoms with Crippen LogP contribution < -0.4 is 0 Å². The second-order valence-electron chi connectivity index (χ2n) is 8.18. The van der Waals surface area contributed by atoms with Gasteiger partial charge in [-0.3, -0.25) is 0 Å².